The summed E-state index contributed by atoms with van der Waals surface area (Å²) in [6.45, 7) is 5.66. The zero-order valence-corrected chi connectivity index (χ0v) is 12.6. The summed E-state index contributed by atoms with van der Waals surface area (Å²) in [6.07, 6.45) is 0.627. The molecule has 1 aromatic carbocycles. The van der Waals surface area contributed by atoms with Gasteiger partial charge in [-0.15, -0.1) is 0 Å². The molecule has 1 unspecified atom stereocenters. The Hall–Kier alpha value is -1.62. The van der Waals surface area contributed by atoms with Gasteiger partial charge in [-0.05, 0) is 32.4 Å². The topological polar surface area (TPSA) is 64.3 Å². The quantitative estimate of drug-likeness (QED) is 0.812. The fourth-order valence-electron chi connectivity index (χ4n) is 1.64. The zero-order valence-electron chi connectivity index (χ0n) is 11.7. The van der Waals surface area contributed by atoms with Gasteiger partial charge in [-0.2, -0.15) is 0 Å². The fraction of sp³-hybridized carbons (Fsp3) is 0.429. The molecule has 1 aromatic rings. The van der Waals surface area contributed by atoms with Crippen molar-refractivity contribution >= 4 is 23.1 Å². The summed E-state index contributed by atoms with van der Waals surface area (Å²) in [5, 5.41) is 2.88. The molecule has 0 heterocycles. The Kier molecular flexibility index (Phi) is 4.89. The highest BCUT2D eigenvalue weighted by Crippen LogP contribution is 2.21. The third kappa shape index (κ3) is 3.44. The summed E-state index contributed by atoms with van der Waals surface area (Å²) in [6, 6.07) is 5.44. The van der Waals surface area contributed by atoms with Gasteiger partial charge < -0.3 is 15.8 Å². The van der Waals surface area contributed by atoms with Crippen molar-refractivity contribution in [3.63, 3.8) is 0 Å². The summed E-state index contributed by atoms with van der Waals surface area (Å²) in [4.78, 5) is 12.6. The van der Waals surface area contributed by atoms with E-state index >= 15 is 0 Å². The number of aryl methyl sites for hydroxylation is 1. The van der Waals surface area contributed by atoms with Gasteiger partial charge in [0.1, 0.15) is 5.75 Å². The molecule has 4 nitrogen and oxygen atoms in total. The molecule has 0 aliphatic rings. The van der Waals surface area contributed by atoms with Gasteiger partial charge in [0.15, 0.2) is 0 Å². The number of hydrogen-bond acceptors (Lipinski definition) is 3. The van der Waals surface area contributed by atoms with Gasteiger partial charge in [0, 0.05) is 0 Å². The van der Waals surface area contributed by atoms with Crippen molar-refractivity contribution in [2.24, 2.45) is 5.73 Å². The van der Waals surface area contributed by atoms with Crippen LogP contribution in [-0.4, -0.2) is 23.5 Å². The monoisotopic (exact) mass is 280 g/mol. The summed E-state index contributed by atoms with van der Waals surface area (Å²) in [5.41, 5.74) is 6.47. The predicted molar refractivity (Wildman–Crippen MR) is 80.7 cm³/mol. The zero-order chi connectivity index (χ0) is 14.6. The molecular weight excluding hydrogens is 260 g/mol. The number of ether oxygens (including phenoxy) is 1. The highest BCUT2D eigenvalue weighted by atomic mass is 32.1. The van der Waals surface area contributed by atoms with E-state index in [0.717, 1.165) is 5.56 Å². The Morgan fingerprint density at radius 1 is 1.53 bits per heavy atom. The molecular formula is C14H20N2O2S. The van der Waals surface area contributed by atoms with Gasteiger partial charge in [-0.25, -0.2) is 0 Å². The predicted octanol–water partition coefficient (Wildman–Crippen LogP) is 2.19. The first-order chi connectivity index (χ1) is 8.84. The Bertz CT molecular complexity index is 502. The molecule has 0 saturated heterocycles. The molecule has 19 heavy (non-hydrogen) atoms. The smallest absolute Gasteiger partial charge is 0.255 e. The maximum absolute atomic E-state index is 12.3. The van der Waals surface area contributed by atoms with Gasteiger partial charge in [0.2, 0.25) is 0 Å². The third-order valence-electron chi connectivity index (χ3n) is 3.24. The highest BCUT2D eigenvalue weighted by Gasteiger charge is 2.28. The highest BCUT2D eigenvalue weighted by molar-refractivity contribution is 7.80. The maximum Gasteiger partial charge on any atom is 0.255 e. The second-order valence-corrected chi connectivity index (χ2v) is 5.15. The molecule has 0 aromatic heterocycles. The van der Waals surface area contributed by atoms with Crippen LogP contribution in [-0.2, 0) is 0 Å². The van der Waals surface area contributed by atoms with Crippen molar-refractivity contribution in [1.82, 2.24) is 5.32 Å². The largest absolute Gasteiger partial charge is 0.496 e. The van der Waals surface area contributed by atoms with E-state index in [1.54, 1.807) is 12.1 Å². The fourth-order valence-corrected chi connectivity index (χ4v) is 1.84. The first-order valence-corrected chi connectivity index (χ1v) is 6.52. The van der Waals surface area contributed by atoms with Crippen LogP contribution >= 0.6 is 12.2 Å². The molecule has 1 atom stereocenters. The van der Waals surface area contributed by atoms with Gasteiger partial charge in [0.25, 0.3) is 5.91 Å². The summed E-state index contributed by atoms with van der Waals surface area (Å²) in [7, 11) is 1.54. The van der Waals surface area contributed by atoms with Crippen LogP contribution in [0.1, 0.15) is 36.2 Å². The minimum absolute atomic E-state index is 0.238. The van der Waals surface area contributed by atoms with Crippen molar-refractivity contribution in [3.05, 3.63) is 29.3 Å². The first-order valence-electron chi connectivity index (χ1n) is 6.11. The molecule has 0 aliphatic carbocycles. The number of thiocarbonyl (C=S) groups is 1. The summed E-state index contributed by atoms with van der Waals surface area (Å²) in [5.74, 6) is 0.294. The van der Waals surface area contributed by atoms with Gasteiger partial charge in [-0.1, -0.05) is 30.8 Å². The Balaban J connectivity index is 3.07. The van der Waals surface area contributed by atoms with E-state index in [1.165, 1.54) is 7.11 Å². The number of rotatable bonds is 5. The van der Waals surface area contributed by atoms with Crippen molar-refractivity contribution in [2.75, 3.05) is 7.11 Å². The molecule has 0 saturated carbocycles. The molecule has 104 valence electrons. The lowest BCUT2D eigenvalue weighted by molar-refractivity contribution is 0.0923. The number of nitrogens with one attached hydrogen (secondary N) is 1. The third-order valence-corrected chi connectivity index (χ3v) is 3.69. The van der Waals surface area contributed by atoms with E-state index < -0.39 is 5.54 Å². The van der Waals surface area contributed by atoms with Crippen LogP contribution in [0.3, 0.4) is 0 Å². The van der Waals surface area contributed by atoms with Crippen molar-refractivity contribution < 1.29 is 9.53 Å². The molecule has 1 rings (SSSR count). The molecule has 3 N–H and O–H groups in total. The Morgan fingerprint density at radius 2 is 2.16 bits per heavy atom. The van der Waals surface area contributed by atoms with Crippen LogP contribution in [0.5, 0.6) is 5.75 Å². The lowest BCUT2D eigenvalue weighted by atomic mass is 9.98. The van der Waals surface area contributed by atoms with E-state index in [2.05, 4.69) is 5.32 Å². The first kappa shape index (κ1) is 15.4. The molecule has 0 aliphatic heterocycles. The Morgan fingerprint density at radius 3 is 2.63 bits per heavy atom. The van der Waals surface area contributed by atoms with Crippen LogP contribution in [0.25, 0.3) is 0 Å². The second-order valence-electron chi connectivity index (χ2n) is 4.71. The van der Waals surface area contributed by atoms with E-state index in [4.69, 9.17) is 22.7 Å². The molecule has 0 radical (unpaired) electrons. The number of carbonyl (C=O) groups excluding carboxylic acids is 1. The van der Waals surface area contributed by atoms with E-state index in [9.17, 15) is 4.79 Å². The van der Waals surface area contributed by atoms with E-state index in [0.29, 0.717) is 17.7 Å². The SMILES string of the molecule is CCC(C)(NC(=O)c1cc(C)ccc1OC)C(N)=S. The van der Waals surface area contributed by atoms with E-state index in [1.807, 2.05) is 26.8 Å². The average molecular weight is 280 g/mol. The normalized spacial score (nSPS) is 13.5. The van der Waals surface area contributed by atoms with Crippen molar-refractivity contribution in [2.45, 2.75) is 32.7 Å². The van der Waals surface area contributed by atoms with Crippen LogP contribution in [0.15, 0.2) is 18.2 Å². The number of benzene rings is 1. The number of hydrogen-bond donors (Lipinski definition) is 2. The lowest BCUT2D eigenvalue weighted by Crippen LogP contribution is -2.54. The standard InChI is InChI=1S/C14H20N2O2S/c1-5-14(3,13(15)19)16-12(17)10-8-9(2)6-7-11(10)18-4/h6-8H,5H2,1-4H3,(H2,15,19)(H,16,17). The summed E-state index contributed by atoms with van der Waals surface area (Å²) < 4.78 is 5.21. The minimum atomic E-state index is -0.693. The van der Waals surface area contributed by atoms with Crippen LogP contribution in [0.4, 0.5) is 0 Å². The van der Waals surface area contributed by atoms with Gasteiger partial charge in [-0.3, -0.25) is 4.79 Å². The maximum atomic E-state index is 12.3. The van der Waals surface area contributed by atoms with Crippen LogP contribution < -0.4 is 15.8 Å². The number of nitrogens with two attached hydrogens (primary N) is 1. The molecule has 0 fully saturated rings. The Labute approximate surface area is 119 Å². The molecule has 0 spiro atoms. The number of carbonyl (C=O) groups is 1. The molecule has 0 bridgehead atoms. The van der Waals surface area contributed by atoms with Crippen LogP contribution in [0.2, 0.25) is 0 Å². The van der Waals surface area contributed by atoms with Crippen molar-refractivity contribution in [3.8, 4) is 5.75 Å². The van der Waals surface area contributed by atoms with Crippen LogP contribution in [0, 0.1) is 6.92 Å². The molecule has 5 heteroatoms. The van der Waals surface area contributed by atoms with Crippen molar-refractivity contribution in [1.29, 1.82) is 0 Å². The second kappa shape index (κ2) is 6.02. The molecule has 1 amide bonds. The number of methoxy groups -OCH3 is 1. The van der Waals surface area contributed by atoms with E-state index in [-0.39, 0.29) is 10.9 Å². The van der Waals surface area contributed by atoms with Gasteiger partial charge in [0.05, 0.1) is 23.2 Å². The average Bonchev–Trinajstić information content (AvgIpc) is 2.38. The lowest BCUT2D eigenvalue weighted by Gasteiger charge is -2.28. The summed E-state index contributed by atoms with van der Waals surface area (Å²) >= 11 is 5.02. The minimum Gasteiger partial charge on any atom is -0.496 e. The van der Waals surface area contributed by atoms with Gasteiger partial charge >= 0.3 is 0 Å². The number of amides is 1.